The lowest BCUT2D eigenvalue weighted by Gasteiger charge is -2.09. The molecule has 2 aromatic carbocycles. The molecular formula is C27H28N4O3. The highest BCUT2D eigenvalue weighted by Gasteiger charge is 2.14. The van der Waals surface area contributed by atoms with Gasteiger partial charge >= 0.3 is 5.97 Å². The van der Waals surface area contributed by atoms with Crippen molar-refractivity contribution in [2.24, 2.45) is 0 Å². The van der Waals surface area contributed by atoms with Crippen molar-refractivity contribution in [1.29, 1.82) is 0 Å². The summed E-state index contributed by atoms with van der Waals surface area (Å²) in [7, 11) is 0. The van der Waals surface area contributed by atoms with Gasteiger partial charge in [0.15, 0.2) is 0 Å². The number of nitrogens with one attached hydrogen (secondary N) is 1. The smallest absolute Gasteiger partial charge is 0.304 e. The van der Waals surface area contributed by atoms with Crippen molar-refractivity contribution in [3.63, 3.8) is 0 Å². The fourth-order valence-corrected chi connectivity index (χ4v) is 3.85. The third kappa shape index (κ3) is 5.74. The summed E-state index contributed by atoms with van der Waals surface area (Å²) in [6.07, 6.45) is 6.92. The molecule has 0 aliphatic rings. The molecule has 4 aromatic rings. The minimum atomic E-state index is -0.822. The Bertz CT molecular complexity index is 1280. The fourth-order valence-electron chi connectivity index (χ4n) is 3.85. The molecule has 0 radical (unpaired) electrons. The van der Waals surface area contributed by atoms with E-state index in [9.17, 15) is 4.79 Å². The second-order valence-corrected chi connectivity index (χ2v) is 8.08. The van der Waals surface area contributed by atoms with Gasteiger partial charge in [0.05, 0.1) is 11.9 Å². The van der Waals surface area contributed by atoms with Gasteiger partial charge in [-0.05, 0) is 41.7 Å². The quantitative estimate of drug-likeness (QED) is 0.284. The van der Waals surface area contributed by atoms with E-state index < -0.39 is 5.97 Å². The molecule has 2 N–H and O–H groups in total. The molecule has 7 heteroatoms. The Morgan fingerprint density at radius 2 is 1.91 bits per heavy atom. The van der Waals surface area contributed by atoms with Crippen LogP contribution in [0.1, 0.15) is 49.6 Å². The third-order valence-corrected chi connectivity index (χ3v) is 5.60. The van der Waals surface area contributed by atoms with Crippen LogP contribution in [0.25, 0.3) is 34.0 Å². The molecule has 4 rings (SSSR count). The van der Waals surface area contributed by atoms with Crippen molar-refractivity contribution >= 4 is 28.5 Å². The van der Waals surface area contributed by atoms with Gasteiger partial charge in [-0.3, -0.25) is 9.78 Å². The summed E-state index contributed by atoms with van der Waals surface area (Å²) in [5.41, 5.74) is 4.96. The van der Waals surface area contributed by atoms with E-state index in [0.717, 1.165) is 46.9 Å². The first-order valence-electron chi connectivity index (χ1n) is 11.5. The van der Waals surface area contributed by atoms with E-state index in [1.807, 2.05) is 48.5 Å². The maximum atomic E-state index is 10.7. The number of unbranched alkanes of at least 4 members (excludes halogenated alkanes) is 1. The number of allylic oxidation sites excluding steroid dienone is 1. The fraction of sp³-hybridized carbons (Fsp3) is 0.259. The van der Waals surface area contributed by atoms with Crippen LogP contribution in [0.4, 0.5) is 0 Å². The molecule has 0 spiro atoms. The van der Waals surface area contributed by atoms with Crippen LogP contribution in [-0.2, 0) is 11.3 Å². The van der Waals surface area contributed by atoms with E-state index in [-0.39, 0.29) is 6.42 Å². The van der Waals surface area contributed by atoms with E-state index in [4.69, 9.17) is 9.52 Å². The zero-order valence-corrected chi connectivity index (χ0v) is 19.2. The number of carboxylic acid groups (broad SMARTS) is 1. The normalized spacial score (nSPS) is 11.7. The number of carbonyl (C=O) groups is 1. The molecule has 34 heavy (non-hydrogen) atoms. The lowest BCUT2D eigenvalue weighted by atomic mass is 10.00. The molecule has 0 saturated carbocycles. The minimum Gasteiger partial charge on any atom is -0.481 e. The van der Waals surface area contributed by atoms with Crippen molar-refractivity contribution in [3.05, 3.63) is 77.8 Å². The Hall–Kier alpha value is -3.84. The van der Waals surface area contributed by atoms with Crippen LogP contribution in [0.5, 0.6) is 0 Å². The molecule has 0 aliphatic carbocycles. The number of rotatable bonds is 11. The summed E-state index contributed by atoms with van der Waals surface area (Å²) in [6.45, 7) is 3.10. The highest BCUT2D eigenvalue weighted by atomic mass is 16.4. The number of pyridine rings is 1. The number of hydrogen-bond donors (Lipinski definition) is 2. The maximum Gasteiger partial charge on any atom is 0.304 e. The van der Waals surface area contributed by atoms with Gasteiger partial charge in [0.2, 0.25) is 11.8 Å². The number of fused-ring (bicyclic) bond motifs is 1. The Labute approximate surface area is 198 Å². The SMILES string of the molecule is CCCC/C(=C\c1nnc(-c2ccc(CNCCC(=O)O)c3ncccc23)o1)c1ccccc1. The highest BCUT2D eigenvalue weighted by molar-refractivity contribution is 5.94. The second-order valence-electron chi connectivity index (χ2n) is 8.08. The molecule has 0 saturated heterocycles. The van der Waals surface area contributed by atoms with Gasteiger partial charge in [-0.1, -0.05) is 55.8 Å². The summed E-state index contributed by atoms with van der Waals surface area (Å²) in [5, 5.41) is 21.5. The summed E-state index contributed by atoms with van der Waals surface area (Å²) < 4.78 is 6.07. The van der Waals surface area contributed by atoms with Crippen molar-refractivity contribution in [1.82, 2.24) is 20.5 Å². The first-order chi connectivity index (χ1) is 16.7. The Balaban J connectivity index is 1.62. The molecule has 174 valence electrons. The topological polar surface area (TPSA) is 101 Å². The van der Waals surface area contributed by atoms with Crippen LogP contribution in [0.2, 0.25) is 0 Å². The lowest BCUT2D eigenvalue weighted by Crippen LogP contribution is -2.17. The number of aromatic nitrogens is 3. The Morgan fingerprint density at radius 1 is 1.06 bits per heavy atom. The average molecular weight is 457 g/mol. The zero-order chi connectivity index (χ0) is 23.8. The molecule has 7 nitrogen and oxygen atoms in total. The summed E-state index contributed by atoms with van der Waals surface area (Å²) in [4.78, 5) is 15.3. The van der Waals surface area contributed by atoms with Gasteiger partial charge in [0.1, 0.15) is 0 Å². The summed E-state index contributed by atoms with van der Waals surface area (Å²) in [6, 6.07) is 18.1. The summed E-state index contributed by atoms with van der Waals surface area (Å²) >= 11 is 0. The molecule has 0 fully saturated rings. The zero-order valence-electron chi connectivity index (χ0n) is 19.2. The third-order valence-electron chi connectivity index (χ3n) is 5.60. The molecule has 0 atom stereocenters. The molecule has 0 amide bonds. The number of hydrogen-bond acceptors (Lipinski definition) is 6. The predicted molar refractivity (Wildman–Crippen MR) is 133 cm³/mol. The van der Waals surface area contributed by atoms with Crippen LogP contribution in [0, 0.1) is 0 Å². The monoisotopic (exact) mass is 456 g/mol. The van der Waals surface area contributed by atoms with E-state index in [1.165, 1.54) is 5.57 Å². The highest BCUT2D eigenvalue weighted by Crippen LogP contribution is 2.30. The van der Waals surface area contributed by atoms with E-state index >= 15 is 0 Å². The number of nitrogens with zero attached hydrogens (tertiary/aromatic N) is 3. The molecule has 2 aromatic heterocycles. The lowest BCUT2D eigenvalue weighted by molar-refractivity contribution is -0.136. The molecule has 2 heterocycles. The van der Waals surface area contributed by atoms with Crippen LogP contribution < -0.4 is 5.32 Å². The maximum absolute atomic E-state index is 10.7. The second kappa shape index (κ2) is 11.3. The van der Waals surface area contributed by atoms with Crippen molar-refractivity contribution in [2.75, 3.05) is 6.54 Å². The van der Waals surface area contributed by atoms with Crippen LogP contribution >= 0.6 is 0 Å². The summed E-state index contributed by atoms with van der Waals surface area (Å²) in [5.74, 6) is 0.0937. The van der Waals surface area contributed by atoms with Crippen LogP contribution in [0.3, 0.4) is 0 Å². The van der Waals surface area contributed by atoms with E-state index in [1.54, 1.807) is 6.20 Å². The first kappa shape index (κ1) is 23.3. The molecule has 0 aliphatic heterocycles. The molecular weight excluding hydrogens is 428 g/mol. The van der Waals surface area contributed by atoms with Gasteiger partial charge in [-0.25, -0.2) is 0 Å². The number of aliphatic carboxylic acids is 1. The van der Waals surface area contributed by atoms with Crippen molar-refractivity contribution in [3.8, 4) is 11.5 Å². The van der Waals surface area contributed by atoms with Gasteiger partial charge in [0.25, 0.3) is 0 Å². The van der Waals surface area contributed by atoms with Gasteiger partial charge in [-0.15, -0.1) is 10.2 Å². The van der Waals surface area contributed by atoms with Crippen LogP contribution in [0.15, 0.2) is 65.2 Å². The van der Waals surface area contributed by atoms with E-state index in [2.05, 4.69) is 39.6 Å². The Morgan fingerprint density at radius 3 is 2.71 bits per heavy atom. The van der Waals surface area contributed by atoms with Gasteiger partial charge < -0.3 is 14.8 Å². The standard InChI is InChI=1S/C27H28N4O3/c1-2-3-8-20(19-9-5-4-6-10-19)17-24-30-31-27(34-24)23-13-12-21(18-28-16-14-25(32)33)26-22(23)11-7-15-29-26/h4-7,9-13,15,17,28H,2-3,8,14,16,18H2,1H3,(H,32,33)/b20-17+. The Kier molecular flexibility index (Phi) is 7.78. The average Bonchev–Trinajstić information content (AvgIpc) is 3.33. The van der Waals surface area contributed by atoms with Crippen LogP contribution in [-0.4, -0.2) is 32.8 Å². The molecule has 0 unspecified atom stereocenters. The number of carboxylic acids is 1. The van der Waals surface area contributed by atoms with Crippen molar-refractivity contribution in [2.45, 2.75) is 39.2 Å². The number of benzene rings is 2. The predicted octanol–water partition coefficient (Wildman–Crippen LogP) is 5.58. The minimum absolute atomic E-state index is 0.0744. The van der Waals surface area contributed by atoms with Gasteiger partial charge in [-0.2, -0.15) is 0 Å². The van der Waals surface area contributed by atoms with Gasteiger partial charge in [0, 0.05) is 36.3 Å². The molecule has 0 bridgehead atoms. The van der Waals surface area contributed by atoms with E-state index in [0.29, 0.717) is 24.9 Å². The largest absolute Gasteiger partial charge is 0.481 e. The van der Waals surface area contributed by atoms with Crippen molar-refractivity contribution < 1.29 is 14.3 Å². The first-order valence-corrected chi connectivity index (χ1v) is 11.5.